The summed E-state index contributed by atoms with van der Waals surface area (Å²) in [6.07, 6.45) is 0.938. The van der Waals surface area contributed by atoms with Gasteiger partial charge in [0.2, 0.25) is 16.1 Å². The fourth-order valence-corrected chi connectivity index (χ4v) is 4.55. The Morgan fingerprint density at radius 2 is 2.00 bits per heavy atom. The number of cyclic esters (lactones) is 1. The molecule has 1 atom stereocenters. The largest absolute Gasteiger partial charge is 0.495 e. The summed E-state index contributed by atoms with van der Waals surface area (Å²) in [5.74, 6) is -1.21. The highest BCUT2D eigenvalue weighted by Crippen LogP contribution is 2.30. The van der Waals surface area contributed by atoms with Gasteiger partial charge in [-0.25, -0.2) is 18.0 Å². The minimum atomic E-state index is -3.77. The van der Waals surface area contributed by atoms with Gasteiger partial charge in [-0.15, -0.1) is 0 Å². The van der Waals surface area contributed by atoms with Crippen LogP contribution in [0.2, 0.25) is 0 Å². The zero-order valence-corrected chi connectivity index (χ0v) is 14.6. The van der Waals surface area contributed by atoms with Crippen LogP contribution >= 0.6 is 0 Å². The second-order valence-corrected chi connectivity index (χ2v) is 7.73. The number of rotatable bonds is 5. The van der Waals surface area contributed by atoms with Crippen molar-refractivity contribution in [3.8, 4) is 5.75 Å². The van der Waals surface area contributed by atoms with Gasteiger partial charge < -0.3 is 14.2 Å². The molecule has 2 fully saturated rings. The molecule has 2 saturated heterocycles. The molecular formula is C16H19NO7S. The monoisotopic (exact) mass is 369 g/mol. The van der Waals surface area contributed by atoms with Crippen LogP contribution in [0.3, 0.4) is 0 Å². The number of sulfonamides is 1. The average molecular weight is 369 g/mol. The van der Waals surface area contributed by atoms with Gasteiger partial charge in [-0.3, -0.25) is 0 Å². The summed E-state index contributed by atoms with van der Waals surface area (Å²) in [4.78, 5) is 23.6. The molecule has 0 amide bonds. The molecule has 0 N–H and O–H groups in total. The lowest BCUT2D eigenvalue weighted by Gasteiger charge is -2.18. The van der Waals surface area contributed by atoms with E-state index in [9.17, 15) is 18.0 Å². The van der Waals surface area contributed by atoms with Crippen molar-refractivity contribution in [1.82, 2.24) is 4.31 Å². The minimum absolute atomic E-state index is 0.0401. The Morgan fingerprint density at radius 3 is 2.60 bits per heavy atom. The summed E-state index contributed by atoms with van der Waals surface area (Å²) >= 11 is 0. The summed E-state index contributed by atoms with van der Waals surface area (Å²) in [5.41, 5.74) is 0.0401. The maximum absolute atomic E-state index is 12.8. The standard InChI is InChI=1S/C16H19NO7S/c1-22-12-5-4-11(15(18)24-13-6-9-23-16(13)19)10-14(12)25(20,21)17-7-2-3-8-17/h4-5,10,13H,2-3,6-9H2,1H3/t13-/m0/s1. The first-order valence-corrected chi connectivity index (χ1v) is 9.43. The van der Waals surface area contributed by atoms with E-state index in [1.807, 2.05) is 0 Å². The number of benzene rings is 1. The Bertz CT molecular complexity index is 784. The van der Waals surface area contributed by atoms with Gasteiger partial charge in [-0.2, -0.15) is 4.31 Å². The van der Waals surface area contributed by atoms with Gasteiger partial charge in [-0.05, 0) is 31.0 Å². The number of hydrogen-bond acceptors (Lipinski definition) is 7. The van der Waals surface area contributed by atoms with E-state index in [4.69, 9.17) is 14.2 Å². The molecule has 2 aliphatic heterocycles. The van der Waals surface area contributed by atoms with Crippen molar-refractivity contribution >= 4 is 22.0 Å². The van der Waals surface area contributed by atoms with Gasteiger partial charge in [0, 0.05) is 19.5 Å². The third-order valence-corrected chi connectivity index (χ3v) is 6.14. The van der Waals surface area contributed by atoms with Crippen molar-refractivity contribution in [3.05, 3.63) is 23.8 Å². The molecule has 2 heterocycles. The number of hydrogen-bond donors (Lipinski definition) is 0. The third kappa shape index (κ3) is 3.47. The molecule has 25 heavy (non-hydrogen) atoms. The van der Waals surface area contributed by atoms with Crippen molar-refractivity contribution in [2.24, 2.45) is 0 Å². The van der Waals surface area contributed by atoms with Crippen molar-refractivity contribution in [2.45, 2.75) is 30.3 Å². The van der Waals surface area contributed by atoms with Crippen molar-refractivity contribution in [2.75, 3.05) is 26.8 Å². The van der Waals surface area contributed by atoms with Crippen LogP contribution in [-0.2, 0) is 24.3 Å². The number of carbonyl (C=O) groups excluding carboxylic acids is 2. The quantitative estimate of drug-likeness (QED) is 0.713. The fraction of sp³-hybridized carbons (Fsp3) is 0.500. The molecule has 0 bridgehead atoms. The molecule has 0 aromatic heterocycles. The molecule has 0 spiro atoms. The second-order valence-electron chi connectivity index (χ2n) is 5.83. The second kappa shape index (κ2) is 7.01. The molecular weight excluding hydrogens is 350 g/mol. The van der Waals surface area contributed by atoms with Gasteiger partial charge >= 0.3 is 11.9 Å². The summed E-state index contributed by atoms with van der Waals surface area (Å²) < 4.78 is 42.0. The molecule has 3 rings (SSSR count). The first kappa shape index (κ1) is 17.7. The Labute approximate surface area is 145 Å². The SMILES string of the molecule is COc1ccc(C(=O)O[C@H]2CCOC2=O)cc1S(=O)(=O)N1CCCC1. The van der Waals surface area contributed by atoms with Gasteiger partial charge in [0.15, 0.2) is 0 Å². The van der Waals surface area contributed by atoms with Crippen LogP contribution in [0.15, 0.2) is 23.1 Å². The maximum Gasteiger partial charge on any atom is 0.347 e. The predicted octanol–water partition coefficient (Wildman–Crippen LogP) is 0.952. The van der Waals surface area contributed by atoms with Gasteiger partial charge in [0.05, 0.1) is 19.3 Å². The van der Waals surface area contributed by atoms with Crippen LogP contribution in [0.1, 0.15) is 29.6 Å². The smallest absolute Gasteiger partial charge is 0.347 e. The Kier molecular flexibility index (Phi) is 4.96. The van der Waals surface area contributed by atoms with E-state index in [0.29, 0.717) is 19.5 Å². The average Bonchev–Trinajstić information content (AvgIpc) is 3.27. The highest BCUT2D eigenvalue weighted by atomic mass is 32.2. The molecule has 9 heteroatoms. The molecule has 1 aromatic carbocycles. The number of ether oxygens (including phenoxy) is 3. The molecule has 0 aliphatic carbocycles. The lowest BCUT2D eigenvalue weighted by Crippen LogP contribution is -2.28. The van der Waals surface area contributed by atoms with Crippen LogP contribution < -0.4 is 4.74 Å². The highest BCUT2D eigenvalue weighted by Gasteiger charge is 2.33. The summed E-state index contributed by atoms with van der Waals surface area (Å²) in [5, 5.41) is 0. The van der Waals surface area contributed by atoms with Crippen molar-refractivity contribution < 1.29 is 32.2 Å². The molecule has 8 nitrogen and oxygen atoms in total. The zero-order valence-electron chi connectivity index (χ0n) is 13.8. The molecule has 0 saturated carbocycles. The molecule has 1 aromatic rings. The summed E-state index contributed by atoms with van der Waals surface area (Å²) in [6, 6.07) is 4.05. The van der Waals surface area contributed by atoms with E-state index in [1.54, 1.807) is 0 Å². The first-order valence-electron chi connectivity index (χ1n) is 7.99. The van der Waals surface area contributed by atoms with Crippen LogP contribution in [0.5, 0.6) is 5.75 Å². The number of methoxy groups -OCH3 is 1. The number of carbonyl (C=O) groups is 2. The van der Waals surface area contributed by atoms with Crippen molar-refractivity contribution in [3.63, 3.8) is 0 Å². The van der Waals surface area contributed by atoms with Gasteiger partial charge in [0.1, 0.15) is 10.6 Å². The fourth-order valence-electron chi connectivity index (χ4n) is 2.85. The Morgan fingerprint density at radius 1 is 1.28 bits per heavy atom. The molecule has 136 valence electrons. The number of esters is 2. The first-order chi connectivity index (χ1) is 11.9. The third-order valence-electron chi connectivity index (χ3n) is 4.22. The van der Waals surface area contributed by atoms with E-state index < -0.39 is 28.1 Å². The Hall–Kier alpha value is -2.13. The van der Waals surface area contributed by atoms with E-state index in [1.165, 1.54) is 29.6 Å². The van der Waals surface area contributed by atoms with E-state index in [-0.39, 0.29) is 22.8 Å². The zero-order chi connectivity index (χ0) is 18.0. The van der Waals surface area contributed by atoms with Crippen LogP contribution in [0.4, 0.5) is 0 Å². The summed E-state index contributed by atoms with van der Waals surface area (Å²) in [7, 11) is -2.40. The lowest BCUT2D eigenvalue weighted by molar-refractivity contribution is -0.145. The molecule has 2 aliphatic rings. The normalized spacial score (nSPS) is 21.2. The summed E-state index contributed by atoms with van der Waals surface area (Å²) in [6.45, 7) is 1.08. The lowest BCUT2D eigenvalue weighted by atomic mass is 10.2. The minimum Gasteiger partial charge on any atom is -0.495 e. The van der Waals surface area contributed by atoms with E-state index in [2.05, 4.69) is 0 Å². The highest BCUT2D eigenvalue weighted by molar-refractivity contribution is 7.89. The predicted molar refractivity (Wildman–Crippen MR) is 85.8 cm³/mol. The topological polar surface area (TPSA) is 99.2 Å². The molecule has 0 radical (unpaired) electrons. The van der Waals surface area contributed by atoms with Crippen LogP contribution in [0.25, 0.3) is 0 Å². The van der Waals surface area contributed by atoms with Crippen molar-refractivity contribution in [1.29, 1.82) is 0 Å². The van der Waals surface area contributed by atoms with Crippen LogP contribution in [-0.4, -0.2) is 57.6 Å². The van der Waals surface area contributed by atoms with Gasteiger partial charge in [-0.1, -0.05) is 0 Å². The van der Waals surface area contributed by atoms with Gasteiger partial charge in [0.25, 0.3) is 0 Å². The number of nitrogens with zero attached hydrogens (tertiary/aromatic N) is 1. The maximum atomic E-state index is 12.8. The van der Waals surface area contributed by atoms with E-state index in [0.717, 1.165) is 12.8 Å². The Balaban J connectivity index is 1.89. The van der Waals surface area contributed by atoms with Crippen LogP contribution in [0, 0.1) is 0 Å². The molecule has 0 unspecified atom stereocenters. The van der Waals surface area contributed by atoms with E-state index >= 15 is 0 Å².